The highest BCUT2D eigenvalue weighted by atomic mass is 32.1. The zero-order chi connectivity index (χ0) is 14.4. The molecule has 0 aliphatic carbocycles. The summed E-state index contributed by atoms with van der Waals surface area (Å²) in [6.45, 7) is 0.573. The van der Waals surface area contributed by atoms with Crippen molar-refractivity contribution in [2.45, 2.75) is 6.54 Å². The van der Waals surface area contributed by atoms with Gasteiger partial charge in [-0.25, -0.2) is 4.99 Å². The van der Waals surface area contributed by atoms with Crippen LogP contribution in [0.1, 0.15) is 4.88 Å². The second kappa shape index (κ2) is 6.81. The lowest BCUT2D eigenvalue weighted by atomic mass is 10.3. The van der Waals surface area contributed by atoms with Gasteiger partial charge in [0.1, 0.15) is 0 Å². The maximum atomic E-state index is 5.86. The summed E-state index contributed by atoms with van der Waals surface area (Å²) >= 11 is 1.66. The maximum Gasteiger partial charge on any atom is 0.193 e. The number of nitrogens with two attached hydrogens (primary N) is 1. The normalized spacial score (nSPS) is 11.2. The minimum Gasteiger partial charge on any atom is -0.493 e. The Morgan fingerprint density at radius 1 is 1.25 bits per heavy atom. The molecular weight excluding hydrogens is 274 g/mol. The van der Waals surface area contributed by atoms with Crippen molar-refractivity contribution in [3.63, 3.8) is 0 Å². The van der Waals surface area contributed by atoms with Crippen LogP contribution in [0.5, 0.6) is 11.5 Å². The maximum absolute atomic E-state index is 5.86. The van der Waals surface area contributed by atoms with Crippen LogP contribution in [0.3, 0.4) is 0 Å². The summed E-state index contributed by atoms with van der Waals surface area (Å²) in [5.74, 6) is 1.68. The molecule has 0 fully saturated rings. The molecule has 20 heavy (non-hydrogen) atoms. The number of guanidine groups is 1. The number of thiophene rings is 1. The molecule has 1 aromatic carbocycles. The minimum atomic E-state index is 0.366. The van der Waals surface area contributed by atoms with Crippen LogP contribution in [0.25, 0.3) is 0 Å². The molecule has 0 atom stereocenters. The first-order chi connectivity index (χ1) is 9.72. The van der Waals surface area contributed by atoms with Crippen LogP contribution in [0.15, 0.2) is 40.7 Å². The van der Waals surface area contributed by atoms with Gasteiger partial charge in [-0.1, -0.05) is 6.07 Å². The number of hydrogen-bond donors (Lipinski definition) is 2. The molecule has 2 rings (SSSR count). The van der Waals surface area contributed by atoms with E-state index in [4.69, 9.17) is 15.2 Å². The lowest BCUT2D eigenvalue weighted by Crippen LogP contribution is -2.22. The fourth-order valence-corrected chi connectivity index (χ4v) is 2.30. The van der Waals surface area contributed by atoms with E-state index in [1.54, 1.807) is 25.6 Å². The van der Waals surface area contributed by atoms with Gasteiger partial charge in [-0.15, -0.1) is 11.3 Å². The van der Waals surface area contributed by atoms with Gasteiger partial charge in [-0.05, 0) is 23.6 Å². The molecule has 0 aliphatic heterocycles. The van der Waals surface area contributed by atoms with Crippen molar-refractivity contribution in [3.8, 4) is 11.5 Å². The van der Waals surface area contributed by atoms with Crippen molar-refractivity contribution in [2.24, 2.45) is 10.7 Å². The Balaban J connectivity index is 2.03. The Bertz CT molecular complexity index is 582. The standard InChI is InChI=1S/C14H17N3O2S/c1-18-12-6-5-10(8-13(12)19-2)17-14(15)16-9-11-4-3-7-20-11/h3-8H,9H2,1-2H3,(H3,15,16,17). The zero-order valence-electron chi connectivity index (χ0n) is 11.4. The van der Waals surface area contributed by atoms with Crippen LogP contribution < -0.4 is 20.5 Å². The van der Waals surface area contributed by atoms with Gasteiger partial charge in [0.2, 0.25) is 0 Å². The van der Waals surface area contributed by atoms with Gasteiger partial charge in [-0.3, -0.25) is 0 Å². The Morgan fingerprint density at radius 3 is 2.70 bits per heavy atom. The van der Waals surface area contributed by atoms with Crippen molar-refractivity contribution < 1.29 is 9.47 Å². The second-order valence-electron chi connectivity index (χ2n) is 3.98. The third-order valence-electron chi connectivity index (χ3n) is 2.64. The summed E-state index contributed by atoms with van der Waals surface area (Å²) in [5.41, 5.74) is 6.66. The predicted molar refractivity (Wildman–Crippen MR) is 82.8 cm³/mol. The predicted octanol–water partition coefficient (Wildman–Crippen LogP) is 2.69. The highest BCUT2D eigenvalue weighted by Gasteiger charge is 2.05. The van der Waals surface area contributed by atoms with Gasteiger partial charge < -0.3 is 20.5 Å². The molecule has 0 amide bonds. The summed E-state index contributed by atoms with van der Waals surface area (Å²) in [4.78, 5) is 5.45. The van der Waals surface area contributed by atoms with Crippen LogP contribution in [0, 0.1) is 0 Å². The first kappa shape index (κ1) is 14.2. The first-order valence-electron chi connectivity index (χ1n) is 6.04. The molecule has 0 bridgehead atoms. The van der Waals surface area contributed by atoms with Gasteiger partial charge in [0.15, 0.2) is 17.5 Å². The fourth-order valence-electron chi connectivity index (χ4n) is 1.67. The number of hydrogen-bond acceptors (Lipinski definition) is 4. The topological polar surface area (TPSA) is 68.9 Å². The Kier molecular flexibility index (Phi) is 4.84. The summed E-state index contributed by atoms with van der Waals surface area (Å²) in [5, 5.41) is 5.04. The zero-order valence-corrected chi connectivity index (χ0v) is 12.2. The number of methoxy groups -OCH3 is 2. The smallest absolute Gasteiger partial charge is 0.193 e. The van der Waals surface area contributed by atoms with E-state index in [1.807, 2.05) is 35.7 Å². The lowest BCUT2D eigenvalue weighted by molar-refractivity contribution is 0.355. The Morgan fingerprint density at radius 2 is 2.05 bits per heavy atom. The van der Waals surface area contributed by atoms with E-state index in [0.29, 0.717) is 24.0 Å². The molecule has 0 radical (unpaired) electrons. The molecule has 0 saturated heterocycles. The van der Waals surface area contributed by atoms with Crippen molar-refractivity contribution in [1.29, 1.82) is 0 Å². The van der Waals surface area contributed by atoms with Gasteiger partial charge >= 0.3 is 0 Å². The number of aliphatic imine (C=N–C) groups is 1. The first-order valence-corrected chi connectivity index (χ1v) is 6.92. The molecule has 3 N–H and O–H groups in total. The molecule has 0 spiro atoms. The van der Waals surface area contributed by atoms with Crippen LogP contribution >= 0.6 is 11.3 Å². The fraction of sp³-hybridized carbons (Fsp3) is 0.214. The molecular formula is C14H17N3O2S. The number of nitrogens with zero attached hydrogens (tertiary/aromatic N) is 1. The Labute approximate surface area is 122 Å². The molecule has 6 heteroatoms. The summed E-state index contributed by atoms with van der Waals surface area (Å²) in [6, 6.07) is 9.50. The third-order valence-corrected chi connectivity index (χ3v) is 3.50. The summed E-state index contributed by atoms with van der Waals surface area (Å²) in [6.07, 6.45) is 0. The van der Waals surface area contributed by atoms with E-state index in [-0.39, 0.29) is 0 Å². The average molecular weight is 291 g/mol. The lowest BCUT2D eigenvalue weighted by Gasteiger charge is -2.10. The molecule has 2 aromatic rings. The molecule has 1 heterocycles. The van der Waals surface area contributed by atoms with E-state index in [9.17, 15) is 0 Å². The molecule has 5 nitrogen and oxygen atoms in total. The van der Waals surface area contributed by atoms with Crippen LogP contribution in [0.4, 0.5) is 5.69 Å². The Hall–Kier alpha value is -2.21. The van der Waals surface area contributed by atoms with Gasteiger partial charge in [-0.2, -0.15) is 0 Å². The van der Waals surface area contributed by atoms with E-state index >= 15 is 0 Å². The number of anilines is 1. The van der Waals surface area contributed by atoms with Crippen LogP contribution in [0.2, 0.25) is 0 Å². The average Bonchev–Trinajstić information content (AvgIpc) is 2.98. The van der Waals surface area contributed by atoms with E-state index in [2.05, 4.69) is 10.3 Å². The van der Waals surface area contributed by atoms with E-state index in [0.717, 1.165) is 5.69 Å². The molecule has 106 valence electrons. The highest BCUT2D eigenvalue weighted by molar-refractivity contribution is 7.09. The van der Waals surface area contributed by atoms with Crippen LogP contribution in [-0.2, 0) is 6.54 Å². The van der Waals surface area contributed by atoms with Gasteiger partial charge in [0.05, 0.1) is 20.8 Å². The largest absolute Gasteiger partial charge is 0.493 e. The van der Waals surface area contributed by atoms with E-state index in [1.165, 1.54) is 4.88 Å². The monoisotopic (exact) mass is 291 g/mol. The minimum absolute atomic E-state index is 0.366. The quantitative estimate of drug-likeness (QED) is 0.656. The van der Waals surface area contributed by atoms with Gasteiger partial charge in [0, 0.05) is 16.6 Å². The molecule has 1 aromatic heterocycles. The highest BCUT2D eigenvalue weighted by Crippen LogP contribution is 2.29. The van der Waals surface area contributed by atoms with Crippen molar-refractivity contribution in [2.75, 3.05) is 19.5 Å². The summed E-state index contributed by atoms with van der Waals surface area (Å²) in [7, 11) is 3.19. The van der Waals surface area contributed by atoms with Crippen LogP contribution in [-0.4, -0.2) is 20.2 Å². The number of benzene rings is 1. The number of ether oxygens (including phenoxy) is 2. The van der Waals surface area contributed by atoms with E-state index < -0.39 is 0 Å². The van der Waals surface area contributed by atoms with Gasteiger partial charge in [0.25, 0.3) is 0 Å². The van der Waals surface area contributed by atoms with Crippen molar-refractivity contribution in [1.82, 2.24) is 0 Å². The second-order valence-corrected chi connectivity index (χ2v) is 5.01. The molecule has 0 saturated carbocycles. The summed E-state index contributed by atoms with van der Waals surface area (Å²) < 4.78 is 10.4. The molecule has 0 unspecified atom stereocenters. The SMILES string of the molecule is COc1ccc(NC(N)=NCc2cccs2)cc1OC. The van der Waals surface area contributed by atoms with Crippen molar-refractivity contribution in [3.05, 3.63) is 40.6 Å². The number of rotatable bonds is 5. The molecule has 0 aliphatic rings. The van der Waals surface area contributed by atoms with Crippen molar-refractivity contribution >= 4 is 23.0 Å². The number of nitrogens with one attached hydrogen (secondary N) is 1. The third kappa shape index (κ3) is 3.64.